The van der Waals surface area contributed by atoms with Crippen molar-refractivity contribution >= 4 is 61.6 Å². The predicted molar refractivity (Wildman–Crippen MR) is 121 cm³/mol. The summed E-state index contributed by atoms with van der Waals surface area (Å²) in [6, 6.07) is 4.32. The minimum absolute atomic E-state index is 0.0768. The van der Waals surface area contributed by atoms with Gasteiger partial charge in [-0.3, -0.25) is 14.3 Å². The largest absolute Gasteiger partial charge is 0.437 e. The van der Waals surface area contributed by atoms with Crippen LogP contribution >= 0.6 is 23.2 Å². The number of aromatic amines is 1. The average Bonchev–Trinajstić information content (AvgIpc) is 3.48. The minimum Gasteiger partial charge on any atom is -0.437 e. The van der Waals surface area contributed by atoms with Gasteiger partial charge in [-0.15, -0.1) is 0 Å². The quantitative estimate of drug-likeness (QED) is 0.497. The van der Waals surface area contributed by atoms with E-state index in [-0.39, 0.29) is 29.8 Å². The molecule has 0 aliphatic carbocycles. The number of furan rings is 1. The average molecular weight is 499 g/mol. The van der Waals surface area contributed by atoms with E-state index in [1.807, 2.05) is 0 Å². The Bertz CT molecular complexity index is 1330. The summed E-state index contributed by atoms with van der Waals surface area (Å²) in [4.78, 5) is 29.1. The molecule has 3 N–H and O–H groups in total. The number of benzene rings is 1. The summed E-state index contributed by atoms with van der Waals surface area (Å²) in [5.41, 5.74) is 1.03. The van der Waals surface area contributed by atoms with Crippen molar-refractivity contribution < 1.29 is 22.4 Å². The van der Waals surface area contributed by atoms with Gasteiger partial charge in [0.05, 0.1) is 27.2 Å². The Hall–Kier alpha value is -2.69. The molecule has 0 unspecified atom stereocenters. The standard InChI is InChI=1S/C20H20Cl2N4O5S/c1-10-7-15(31-18(10)20(28)26-6-5-11(9-26)19(27)23-2)32(29,30)25-14-4-3-12(21)16-13(22)8-24-17(14)16/h3-4,7-8,11,24-25H,5-6,9H2,1-2H3,(H,23,27)/t11-/m0/s1. The third-order valence-electron chi connectivity index (χ3n) is 5.43. The third-order valence-corrected chi connectivity index (χ3v) is 7.26. The zero-order chi connectivity index (χ0) is 23.2. The zero-order valence-electron chi connectivity index (χ0n) is 17.2. The number of anilines is 1. The minimum atomic E-state index is -4.15. The van der Waals surface area contributed by atoms with Crippen LogP contribution in [-0.4, -0.2) is 50.3 Å². The van der Waals surface area contributed by atoms with Crippen LogP contribution in [0.4, 0.5) is 5.69 Å². The Labute approximate surface area is 194 Å². The Balaban J connectivity index is 1.59. The molecule has 1 saturated heterocycles. The number of H-pyrrole nitrogens is 1. The molecule has 0 saturated carbocycles. The summed E-state index contributed by atoms with van der Waals surface area (Å²) < 4.78 is 33.9. The second-order valence-electron chi connectivity index (χ2n) is 7.52. The van der Waals surface area contributed by atoms with E-state index < -0.39 is 21.0 Å². The van der Waals surface area contributed by atoms with Crippen molar-refractivity contribution in [3.63, 3.8) is 0 Å². The van der Waals surface area contributed by atoms with Crippen molar-refractivity contribution in [3.8, 4) is 0 Å². The molecular weight excluding hydrogens is 479 g/mol. The molecule has 4 rings (SSSR count). The number of hydrogen-bond donors (Lipinski definition) is 3. The van der Waals surface area contributed by atoms with Crippen LogP contribution in [0, 0.1) is 12.8 Å². The second kappa shape index (κ2) is 8.34. The summed E-state index contributed by atoms with van der Waals surface area (Å²) in [5, 5.41) is 3.39. The number of amides is 2. The third kappa shape index (κ3) is 3.94. The number of nitrogens with zero attached hydrogens (tertiary/aromatic N) is 1. The lowest BCUT2D eigenvalue weighted by atomic mass is 10.1. The molecule has 170 valence electrons. The number of fused-ring (bicyclic) bond motifs is 1. The van der Waals surface area contributed by atoms with Crippen LogP contribution in [0.15, 0.2) is 33.9 Å². The number of aryl methyl sites for hydroxylation is 1. The maximum absolute atomic E-state index is 13.0. The number of carbonyl (C=O) groups is 2. The molecule has 1 aliphatic rings. The van der Waals surface area contributed by atoms with Crippen LogP contribution in [0.1, 0.15) is 22.5 Å². The van der Waals surface area contributed by atoms with Crippen LogP contribution < -0.4 is 10.0 Å². The SMILES string of the molecule is CNC(=O)[C@H]1CCN(C(=O)c2oc(S(=O)(=O)Nc3ccc(Cl)c4c(Cl)c[nH]c34)cc2C)C1. The van der Waals surface area contributed by atoms with Crippen LogP contribution in [0.5, 0.6) is 0 Å². The lowest BCUT2D eigenvalue weighted by molar-refractivity contribution is -0.124. The first-order chi connectivity index (χ1) is 15.1. The summed E-state index contributed by atoms with van der Waals surface area (Å²) in [5.74, 6) is -0.973. The molecule has 0 radical (unpaired) electrons. The molecule has 32 heavy (non-hydrogen) atoms. The van der Waals surface area contributed by atoms with Gasteiger partial charge >= 0.3 is 0 Å². The maximum Gasteiger partial charge on any atom is 0.295 e. The number of carbonyl (C=O) groups excluding carboxylic acids is 2. The van der Waals surface area contributed by atoms with E-state index in [2.05, 4.69) is 15.0 Å². The molecule has 2 amide bonds. The molecule has 12 heteroatoms. The molecule has 0 spiro atoms. The van der Waals surface area contributed by atoms with Crippen molar-refractivity contribution in [2.45, 2.75) is 18.4 Å². The summed E-state index contributed by atoms with van der Waals surface area (Å²) in [7, 11) is -2.61. The fraction of sp³-hybridized carbons (Fsp3) is 0.300. The Kier molecular flexibility index (Phi) is 5.87. The fourth-order valence-corrected chi connectivity index (χ4v) is 5.40. The normalized spacial score (nSPS) is 16.5. The summed E-state index contributed by atoms with van der Waals surface area (Å²) in [6.45, 7) is 2.22. The fourth-order valence-electron chi connectivity index (χ4n) is 3.75. The molecular formula is C20H20Cl2N4O5S. The molecule has 3 heterocycles. The number of nitrogens with one attached hydrogen (secondary N) is 3. The van der Waals surface area contributed by atoms with E-state index in [1.165, 1.54) is 29.3 Å². The van der Waals surface area contributed by atoms with Crippen LogP contribution in [0.3, 0.4) is 0 Å². The van der Waals surface area contributed by atoms with Crippen molar-refractivity contribution in [3.05, 3.63) is 45.8 Å². The van der Waals surface area contributed by atoms with Crippen molar-refractivity contribution in [2.24, 2.45) is 5.92 Å². The van der Waals surface area contributed by atoms with Crippen molar-refractivity contribution in [1.29, 1.82) is 0 Å². The van der Waals surface area contributed by atoms with Gasteiger partial charge in [-0.05, 0) is 25.5 Å². The molecule has 1 aromatic carbocycles. The maximum atomic E-state index is 13.0. The van der Waals surface area contributed by atoms with Gasteiger partial charge in [0, 0.05) is 43.4 Å². The van der Waals surface area contributed by atoms with Crippen LogP contribution in [0.2, 0.25) is 10.0 Å². The van der Waals surface area contributed by atoms with E-state index in [0.29, 0.717) is 39.5 Å². The van der Waals surface area contributed by atoms with Gasteiger partial charge in [0.15, 0.2) is 5.76 Å². The van der Waals surface area contributed by atoms with Gasteiger partial charge in [-0.1, -0.05) is 23.2 Å². The number of halogens is 2. The number of likely N-dealkylation sites (tertiary alicyclic amines) is 1. The summed E-state index contributed by atoms with van der Waals surface area (Å²) in [6.07, 6.45) is 2.04. The monoisotopic (exact) mass is 498 g/mol. The van der Waals surface area contributed by atoms with E-state index in [0.717, 1.165) is 0 Å². The van der Waals surface area contributed by atoms with Gasteiger partial charge in [0.25, 0.3) is 15.9 Å². The highest BCUT2D eigenvalue weighted by molar-refractivity contribution is 7.92. The van der Waals surface area contributed by atoms with Gasteiger partial charge in [-0.25, -0.2) is 0 Å². The molecule has 1 fully saturated rings. The van der Waals surface area contributed by atoms with Crippen molar-refractivity contribution in [2.75, 3.05) is 24.9 Å². The van der Waals surface area contributed by atoms with E-state index in [9.17, 15) is 18.0 Å². The lowest BCUT2D eigenvalue weighted by Gasteiger charge is -2.15. The van der Waals surface area contributed by atoms with E-state index in [4.69, 9.17) is 27.6 Å². The van der Waals surface area contributed by atoms with Gasteiger partial charge < -0.3 is 19.6 Å². The first kappa shape index (κ1) is 22.5. The number of hydrogen-bond acceptors (Lipinski definition) is 5. The lowest BCUT2D eigenvalue weighted by Crippen LogP contribution is -2.33. The second-order valence-corrected chi connectivity index (χ2v) is 9.94. The topological polar surface area (TPSA) is 125 Å². The van der Waals surface area contributed by atoms with E-state index >= 15 is 0 Å². The Morgan fingerprint density at radius 1 is 1.25 bits per heavy atom. The van der Waals surface area contributed by atoms with Gasteiger partial charge in [-0.2, -0.15) is 8.42 Å². The zero-order valence-corrected chi connectivity index (χ0v) is 19.5. The Morgan fingerprint density at radius 2 is 2.00 bits per heavy atom. The van der Waals surface area contributed by atoms with Gasteiger partial charge in [0.1, 0.15) is 0 Å². The van der Waals surface area contributed by atoms with E-state index in [1.54, 1.807) is 14.0 Å². The first-order valence-electron chi connectivity index (χ1n) is 9.71. The van der Waals surface area contributed by atoms with Crippen molar-refractivity contribution in [1.82, 2.24) is 15.2 Å². The first-order valence-corrected chi connectivity index (χ1v) is 12.0. The summed E-state index contributed by atoms with van der Waals surface area (Å²) >= 11 is 12.3. The van der Waals surface area contributed by atoms with Crippen LogP contribution in [0.25, 0.3) is 10.9 Å². The molecule has 0 bridgehead atoms. The highest BCUT2D eigenvalue weighted by atomic mass is 35.5. The molecule has 3 aromatic rings. The number of rotatable bonds is 5. The number of sulfonamides is 1. The number of aromatic nitrogens is 1. The van der Waals surface area contributed by atoms with Crippen LogP contribution in [-0.2, 0) is 14.8 Å². The smallest absolute Gasteiger partial charge is 0.295 e. The highest BCUT2D eigenvalue weighted by Gasteiger charge is 2.34. The Morgan fingerprint density at radius 3 is 2.72 bits per heavy atom. The molecule has 1 aliphatic heterocycles. The predicted octanol–water partition coefficient (Wildman–Crippen LogP) is 3.39. The molecule has 1 atom stereocenters. The molecule has 2 aromatic heterocycles. The highest BCUT2D eigenvalue weighted by Crippen LogP contribution is 2.35. The molecule has 9 nitrogen and oxygen atoms in total. The van der Waals surface area contributed by atoms with Gasteiger partial charge in [0.2, 0.25) is 11.0 Å².